The second-order valence-electron chi connectivity index (χ2n) is 4.89. The van der Waals surface area contributed by atoms with Crippen LogP contribution in [0.25, 0.3) is 10.9 Å². The van der Waals surface area contributed by atoms with Crippen LogP contribution in [-0.4, -0.2) is 22.6 Å². The second-order valence-corrected chi connectivity index (χ2v) is 4.89. The average Bonchev–Trinajstić information content (AvgIpc) is 2.93. The number of carbonyl (C=O) groups excluding carboxylic acids is 1. The standard InChI is InChI=1S/C17H12N4O3/c18-9-11-5-7-12(8-6-11)24-10-15(22)20-21-16-13-3-1-2-4-14(13)19-17(16)23/h1-8,19,23H,10H2. The van der Waals surface area contributed by atoms with Gasteiger partial charge >= 0.3 is 5.91 Å². The summed E-state index contributed by atoms with van der Waals surface area (Å²) in [5, 5.41) is 26.6. The zero-order valence-electron chi connectivity index (χ0n) is 12.4. The maximum absolute atomic E-state index is 11.8. The molecule has 1 heterocycles. The van der Waals surface area contributed by atoms with E-state index in [1.807, 2.05) is 12.1 Å². The number of carbonyl (C=O) groups is 1. The predicted octanol–water partition coefficient (Wildman–Crippen LogP) is 3.43. The van der Waals surface area contributed by atoms with Crippen LogP contribution in [0.1, 0.15) is 5.56 Å². The minimum Gasteiger partial charge on any atom is -0.493 e. The summed E-state index contributed by atoms with van der Waals surface area (Å²) >= 11 is 0. The Morgan fingerprint density at radius 3 is 2.71 bits per heavy atom. The summed E-state index contributed by atoms with van der Waals surface area (Å²) in [4.78, 5) is 14.5. The number of ether oxygens (including phenoxy) is 1. The number of benzene rings is 2. The molecule has 0 unspecified atom stereocenters. The lowest BCUT2D eigenvalue weighted by molar-refractivity contribution is -0.120. The van der Waals surface area contributed by atoms with Gasteiger partial charge in [-0.1, -0.05) is 18.2 Å². The third kappa shape index (κ3) is 3.23. The van der Waals surface area contributed by atoms with Crippen molar-refractivity contribution in [3.63, 3.8) is 0 Å². The lowest BCUT2D eigenvalue weighted by Gasteiger charge is -2.02. The molecule has 7 heteroatoms. The van der Waals surface area contributed by atoms with Gasteiger partial charge < -0.3 is 14.8 Å². The number of aromatic hydroxyl groups is 1. The number of aromatic amines is 1. The topological polar surface area (TPSA) is 111 Å². The van der Waals surface area contributed by atoms with Crippen LogP contribution in [0.3, 0.4) is 0 Å². The molecule has 0 fully saturated rings. The Bertz CT molecular complexity index is 952. The first-order valence-corrected chi connectivity index (χ1v) is 7.04. The SMILES string of the molecule is N#Cc1ccc(OCC(=O)N=Nc2c(O)[nH]c3ccccc23)cc1. The van der Waals surface area contributed by atoms with Crippen LogP contribution in [0, 0.1) is 11.3 Å². The molecule has 0 aliphatic carbocycles. The van der Waals surface area contributed by atoms with Crippen molar-refractivity contribution in [2.24, 2.45) is 10.2 Å². The highest BCUT2D eigenvalue weighted by Crippen LogP contribution is 2.35. The highest BCUT2D eigenvalue weighted by molar-refractivity contribution is 5.94. The van der Waals surface area contributed by atoms with Gasteiger partial charge in [0, 0.05) is 5.39 Å². The van der Waals surface area contributed by atoms with Gasteiger partial charge in [-0.15, -0.1) is 10.2 Å². The smallest absolute Gasteiger partial charge is 0.302 e. The molecule has 0 spiro atoms. The molecule has 2 aromatic carbocycles. The largest absolute Gasteiger partial charge is 0.493 e. The van der Waals surface area contributed by atoms with Gasteiger partial charge in [0.15, 0.2) is 12.3 Å². The van der Waals surface area contributed by atoms with Crippen molar-refractivity contribution in [3.8, 4) is 17.7 Å². The van der Waals surface area contributed by atoms with E-state index >= 15 is 0 Å². The van der Waals surface area contributed by atoms with Crippen LogP contribution in [0.5, 0.6) is 11.6 Å². The van der Waals surface area contributed by atoms with Crippen molar-refractivity contribution in [2.75, 3.05) is 6.61 Å². The molecule has 0 bridgehead atoms. The van der Waals surface area contributed by atoms with E-state index in [1.54, 1.807) is 42.5 Å². The molecule has 118 valence electrons. The summed E-state index contributed by atoms with van der Waals surface area (Å²) in [5.74, 6) is -0.294. The number of nitriles is 1. The minimum absolute atomic E-state index is 0.152. The predicted molar refractivity (Wildman–Crippen MR) is 86.1 cm³/mol. The maximum atomic E-state index is 11.8. The number of para-hydroxylation sites is 1. The van der Waals surface area contributed by atoms with Crippen molar-refractivity contribution in [1.29, 1.82) is 5.26 Å². The van der Waals surface area contributed by atoms with Crippen LogP contribution in [-0.2, 0) is 4.79 Å². The Hall–Kier alpha value is -3.66. The van der Waals surface area contributed by atoms with Crippen LogP contribution < -0.4 is 4.74 Å². The lowest BCUT2D eigenvalue weighted by Crippen LogP contribution is -2.07. The van der Waals surface area contributed by atoms with Crippen LogP contribution in [0.15, 0.2) is 58.8 Å². The molecule has 0 aliphatic heterocycles. The van der Waals surface area contributed by atoms with E-state index < -0.39 is 5.91 Å². The Labute approximate surface area is 136 Å². The fourth-order valence-corrected chi connectivity index (χ4v) is 2.12. The van der Waals surface area contributed by atoms with Crippen molar-refractivity contribution < 1.29 is 14.6 Å². The van der Waals surface area contributed by atoms with Crippen molar-refractivity contribution in [2.45, 2.75) is 0 Å². The number of aromatic nitrogens is 1. The number of hydrogen-bond acceptors (Lipinski definition) is 5. The Morgan fingerprint density at radius 2 is 1.96 bits per heavy atom. The third-order valence-corrected chi connectivity index (χ3v) is 3.27. The number of nitrogens with one attached hydrogen (secondary N) is 1. The van der Waals surface area contributed by atoms with Gasteiger partial charge in [-0.05, 0) is 30.3 Å². The molecule has 0 atom stereocenters. The molecular weight excluding hydrogens is 308 g/mol. The number of rotatable bonds is 4. The Balaban J connectivity index is 1.66. The number of hydrogen-bond donors (Lipinski definition) is 2. The van der Waals surface area contributed by atoms with E-state index in [4.69, 9.17) is 10.00 Å². The van der Waals surface area contributed by atoms with E-state index in [1.165, 1.54) is 0 Å². The molecular formula is C17H12N4O3. The number of nitrogens with zero attached hydrogens (tertiary/aromatic N) is 3. The minimum atomic E-state index is -0.593. The van der Waals surface area contributed by atoms with Crippen LogP contribution in [0.2, 0.25) is 0 Å². The molecule has 7 nitrogen and oxygen atoms in total. The molecule has 24 heavy (non-hydrogen) atoms. The number of fused-ring (bicyclic) bond motifs is 1. The van der Waals surface area contributed by atoms with Gasteiger partial charge in [-0.3, -0.25) is 4.79 Å². The van der Waals surface area contributed by atoms with Gasteiger partial charge in [-0.2, -0.15) is 5.26 Å². The number of amides is 1. The first kappa shape index (κ1) is 15.2. The van der Waals surface area contributed by atoms with E-state index in [9.17, 15) is 9.90 Å². The Morgan fingerprint density at radius 1 is 1.21 bits per heavy atom. The molecule has 3 aromatic rings. The molecule has 1 aromatic heterocycles. The molecule has 1 amide bonds. The van der Waals surface area contributed by atoms with E-state index in [-0.39, 0.29) is 18.2 Å². The summed E-state index contributed by atoms with van der Waals surface area (Å²) in [6.07, 6.45) is 0. The summed E-state index contributed by atoms with van der Waals surface area (Å²) in [6.45, 7) is -0.293. The Kier molecular flexibility index (Phi) is 4.21. The first-order chi connectivity index (χ1) is 11.7. The van der Waals surface area contributed by atoms with Gasteiger partial charge in [0.2, 0.25) is 5.88 Å². The zero-order valence-corrected chi connectivity index (χ0v) is 12.4. The van der Waals surface area contributed by atoms with Crippen molar-refractivity contribution in [1.82, 2.24) is 4.98 Å². The van der Waals surface area contributed by atoms with Gasteiger partial charge in [0.1, 0.15) is 5.75 Å². The molecule has 0 aliphatic rings. The normalized spacial score (nSPS) is 10.8. The van der Waals surface area contributed by atoms with Crippen molar-refractivity contribution >= 4 is 22.5 Å². The quantitative estimate of drug-likeness (QED) is 0.717. The van der Waals surface area contributed by atoms with Crippen LogP contribution >= 0.6 is 0 Å². The first-order valence-electron chi connectivity index (χ1n) is 7.04. The summed E-state index contributed by atoms with van der Waals surface area (Å²) in [5.41, 5.74) is 1.41. The number of H-pyrrole nitrogens is 1. The maximum Gasteiger partial charge on any atom is 0.302 e. The second kappa shape index (κ2) is 6.62. The molecule has 0 saturated carbocycles. The van der Waals surface area contributed by atoms with Crippen molar-refractivity contribution in [3.05, 3.63) is 54.1 Å². The molecule has 0 radical (unpaired) electrons. The summed E-state index contributed by atoms with van der Waals surface area (Å²) < 4.78 is 5.27. The highest BCUT2D eigenvalue weighted by Gasteiger charge is 2.10. The molecule has 0 saturated heterocycles. The summed E-state index contributed by atoms with van der Waals surface area (Å²) in [6, 6.07) is 15.5. The monoisotopic (exact) mass is 320 g/mol. The fourth-order valence-electron chi connectivity index (χ4n) is 2.12. The summed E-state index contributed by atoms with van der Waals surface area (Å²) in [7, 11) is 0. The van der Waals surface area contributed by atoms with Crippen LogP contribution in [0.4, 0.5) is 5.69 Å². The highest BCUT2D eigenvalue weighted by atomic mass is 16.5. The number of azo groups is 1. The van der Waals surface area contributed by atoms with Gasteiger partial charge in [0.25, 0.3) is 0 Å². The average molecular weight is 320 g/mol. The molecule has 2 N–H and O–H groups in total. The van der Waals surface area contributed by atoms with Gasteiger partial charge in [-0.25, -0.2) is 0 Å². The molecule has 3 rings (SSSR count). The lowest BCUT2D eigenvalue weighted by atomic mass is 10.2. The van der Waals surface area contributed by atoms with E-state index in [2.05, 4.69) is 15.2 Å². The zero-order chi connectivity index (χ0) is 16.9. The van der Waals surface area contributed by atoms with Gasteiger partial charge in [0.05, 0.1) is 17.1 Å². The fraction of sp³-hybridized carbons (Fsp3) is 0.0588. The van der Waals surface area contributed by atoms with E-state index in [0.717, 1.165) is 0 Å². The third-order valence-electron chi connectivity index (χ3n) is 3.27. The van der Waals surface area contributed by atoms with E-state index in [0.29, 0.717) is 22.2 Å².